The summed E-state index contributed by atoms with van der Waals surface area (Å²) >= 11 is 2.39. The molecule has 2 aliphatic rings. The van der Waals surface area contributed by atoms with E-state index in [0.29, 0.717) is 6.04 Å². The van der Waals surface area contributed by atoms with Crippen LogP contribution in [0.2, 0.25) is 0 Å². The first kappa shape index (κ1) is 12.8. The molecule has 2 aliphatic heterocycles. The third-order valence-corrected chi connectivity index (χ3v) is 5.59. The van der Waals surface area contributed by atoms with Crippen molar-refractivity contribution in [2.24, 2.45) is 0 Å². The normalized spacial score (nSPS) is 26.0. The van der Waals surface area contributed by atoms with Crippen molar-refractivity contribution in [2.75, 3.05) is 7.05 Å². The van der Waals surface area contributed by atoms with Crippen LogP contribution in [0.25, 0.3) is 16.3 Å². The summed E-state index contributed by atoms with van der Waals surface area (Å²) in [5, 5.41) is 2.70. The Morgan fingerprint density at radius 3 is 2.75 bits per heavy atom. The minimum absolute atomic E-state index is 0.662. The molecule has 1 saturated heterocycles. The first-order valence-electron chi connectivity index (χ1n) is 7.33. The number of hydrogen-bond donors (Lipinski definition) is 0. The van der Waals surface area contributed by atoms with Gasteiger partial charge in [0.15, 0.2) is 0 Å². The van der Waals surface area contributed by atoms with Crippen LogP contribution < -0.4 is 0 Å². The molecule has 0 aromatic heterocycles. The van der Waals surface area contributed by atoms with Crippen molar-refractivity contribution >= 4 is 38.9 Å². The van der Waals surface area contributed by atoms with Gasteiger partial charge in [-0.3, -0.25) is 4.90 Å². The summed E-state index contributed by atoms with van der Waals surface area (Å²) in [6.07, 6.45) is 6.39. The molecule has 2 aromatic rings. The second-order valence-electron chi connectivity index (χ2n) is 6.07. The summed E-state index contributed by atoms with van der Waals surface area (Å²) in [6.45, 7) is 0. The van der Waals surface area contributed by atoms with E-state index in [1.807, 2.05) is 0 Å². The molecule has 0 aliphatic carbocycles. The van der Waals surface area contributed by atoms with Crippen molar-refractivity contribution in [3.63, 3.8) is 0 Å². The van der Waals surface area contributed by atoms with Gasteiger partial charge in [-0.2, -0.15) is 0 Å². The van der Waals surface area contributed by atoms with Gasteiger partial charge in [-0.1, -0.05) is 24.3 Å². The van der Waals surface area contributed by atoms with Crippen LogP contribution in [0.4, 0.5) is 0 Å². The van der Waals surface area contributed by atoms with Crippen LogP contribution >= 0.6 is 22.6 Å². The Bertz CT molecular complexity index is 704. The van der Waals surface area contributed by atoms with E-state index in [0.717, 1.165) is 6.04 Å². The Hall–Kier alpha value is -0.870. The van der Waals surface area contributed by atoms with Crippen LogP contribution in [0.15, 0.2) is 42.5 Å². The highest BCUT2D eigenvalue weighted by molar-refractivity contribution is 14.1. The topological polar surface area (TPSA) is 3.24 Å². The van der Waals surface area contributed by atoms with Gasteiger partial charge in [-0.25, -0.2) is 0 Å². The molecule has 1 nitrogen and oxygen atoms in total. The van der Waals surface area contributed by atoms with E-state index in [-0.39, 0.29) is 0 Å². The second kappa shape index (κ2) is 4.85. The van der Waals surface area contributed by atoms with Crippen molar-refractivity contribution < 1.29 is 0 Å². The largest absolute Gasteiger partial charge is 0.297 e. The minimum Gasteiger partial charge on any atom is -0.297 e. The van der Waals surface area contributed by atoms with Gasteiger partial charge in [0.2, 0.25) is 0 Å². The summed E-state index contributed by atoms with van der Waals surface area (Å²) in [7, 11) is 2.28. The van der Waals surface area contributed by atoms with Gasteiger partial charge in [-0.15, -0.1) is 0 Å². The number of hydrogen-bond acceptors (Lipinski definition) is 1. The zero-order chi connectivity index (χ0) is 13.7. The zero-order valence-electron chi connectivity index (χ0n) is 11.6. The number of benzene rings is 2. The fraction of sp³-hybridized carbons (Fsp3) is 0.333. The predicted octanol–water partition coefficient (Wildman–Crippen LogP) is 4.69. The molecule has 2 atom stereocenters. The SMILES string of the molecule is CN1C2C=C(c3ccc4ccc(I)cc4c3)CC1CC2. The lowest BCUT2D eigenvalue weighted by Crippen LogP contribution is -2.34. The van der Waals surface area contributed by atoms with E-state index in [4.69, 9.17) is 0 Å². The molecule has 20 heavy (non-hydrogen) atoms. The van der Waals surface area contributed by atoms with Crippen LogP contribution in [0.1, 0.15) is 24.8 Å². The van der Waals surface area contributed by atoms with Crippen molar-refractivity contribution in [3.05, 3.63) is 51.6 Å². The molecule has 102 valence electrons. The summed E-state index contributed by atoms with van der Waals surface area (Å²) in [6, 6.07) is 15.0. The molecule has 2 heteroatoms. The summed E-state index contributed by atoms with van der Waals surface area (Å²) in [5.41, 5.74) is 2.97. The highest BCUT2D eigenvalue weighted by Crippen LogP contribution is 2.38. The maximum absolute atomic E-state index is 2.55. The van der Waals surface area contributed by atoms with Crippen LogP contribution in [0, 0.1) is 3.57 Å². The molecular weight excluding hydrogens is 357 g/mol. The fourth-order valence-corrected chi connectivity index (χ4v) is 4.19. The van der Waals surface area contributed by atoms with E-state index in [9.17, 15) is 0 Å². The van der Waals surface area contributed by atoms with Crippen molar-refractivity contribution in [2.45, 2.75) is 31.3 Å². The number of nitrogens with zero attached hydrogens (tertiary/aromatic N) is 1. The van der Waals surface area contributed by atoms with Gasteiger partial charge in [0.05, 0.1) is 0 Å². The standard InChI is InChI=1S/C18H18IN/c1-20-17-6-7-18(20)11-15(10-17)13-3-2-12-4-5-16(19)9-14(12)8-13/h2-5,8-10,17-18H,6-7,11H2,1H3. The van der Waals surface area contributed by atoms with Crippen LogP contribution in [0.3, 0.4) is 0 Å². The van der Waals surface area contributed by atoms with Crippen LogP contribution in [-0.4, -0.2) is 24.0 Å². The quantitative estimate of drug-likeness (QED) is 0.654. The van der Waals surface area contributed by atoms with Gasteiger partial charge in [0.25, 0.3) is 0 Å². The smallest absolute Gasteiger partial charge is 0.0284 e. The zero-order valence-corrected chi connectivity index (χ0v) is 13.8. The van der Waals surface area contributed by atoms with E-state index in [2.05, 4.69) is 77.0 Å². The van der Waals surface area contributed by atoms with Gasteiger partial charge < -0.3 is 0 Å². The molecule has 0 saturated carbocycles. The Morgan fingerprint density at radius 1 is 1.05 bits per heavy atom. The van der Waals surface area contributed by atoms with E-state index in [1.165, 1.54) is 39.2 Å². The highest BCUT2D eigenvalue weighted by Gasteiger charge is 2.33. The van der Waals surface area contributed by atoms with E-state index < -0.39 is 0 Å². The maximum Gasteiger partial charge on any atom is 0.0284 e. The lowest BCUT2D eigenvalue weighted by molar-refractivity contribution is 0.264. The Morgan fingerprint density at radius 2 is 1.90 bits per heavy atom. The third-order valence-electron chi connectivity index (χ3n) is 4.92. The highest BCUT2D eigenvalue weighted by atomic mass is 127. The molecule has 4 rings (SSSR count). The molecule has 2 aromatic carbocycles. The Labute approximate surface area is 133 Å². The van der Waals surface area contributed by atoms with Gasteiger partial charge in [0, 0.05) is 15.7 Å². The number of fused-ring (bicyclic) bond motifs is 3. The van der Waals surface area contributed by atoms with Crippen LogP contribution in [0.5, 0.6) is 0 Å². The van der Waals surface area contributed by atoms with Gasteiger partial charge >= 0.3 is 0 Å². The lowest BCUT2D eigenvalue weighted by atomic mass is 9.93. The fourth-order valence-electron chi connectivity index (χ4n) is 3.67. The monoisotopic (exact) mass is 375 g/mol. The number of likely N-dealkylation sites (N-methyl/N-ethyl adjacent to an activating group) is 1. The molecule has 2 heterocycles. The van der Waals surface area contributed by atoms with Gasteiger partial charge in [0.1, 0.15) is 0 Å². The van der Waals surface area contributed by atoms with E-state index >= 15 is 0 Å². The molecule has 2 bridgehead atoms. The van der Waals surface area contributed by atoms with Crippen molar-refractivity contribution in [1.82, 2.24) is 4.90 Å². The Kier molecular flexibility index (Phi) is 3.11. The average molecular weight is 375 g/mol. The molecule has 0 radical (unpaired) electrons. The summed E-state index contributed by atoms with van der Waals surface area (Å²) < 4.78 is 1.31. The third kappa shape index (κ3) is 2.09. The molecule has 0 amide bonds. The molecule has 0 N–H and O–H groups in total. The first-order valence-corrected chi connectivity index (χ1v) is 8.41. The molecule has 0 spiro atoms. The number of halogens is 1. The lowest BCUT2D eigenvalue weighted by Gasteiger charge is -2.30. The first-order chi connectivity index (χ1) is 9.70. The molecule has 1 fully saturated rings. The second-order valence-corrected chi connectivity index (χ2v) is 7.31. The van der Waals surface area contributed by atoms with Crippen molar-refractivity contribution in [3.8, 4) is 0 Å². The summed E-state index contributed by atoms with van der Waals surface area (Å²) in [4.78, 5) is 2.55. The minimum atomic E-state index is 0.662. The average Bonchev–Trinajstić information content (AvgIpc) is 2.67. The van der Waals surface area contributed by atoms with Crippen molar-refractivity contribution in [1.29, 1.82) is 0 Å². The molecular formula is C18H18IN. The predicted molar refractivity (Wildman–Crippen MR) is 93.8 cm³/mol. The summed E-state index contributed by atoms with van der Waals surface area (Å²) in [5.74, 6) is 0. The van der Waals surface area contributed by atoms with Crippen LogP contribution in [-0.2, 0) is 0 Å². The van der Waals surface area contributed by atoms with Gasteiger partial charge in [-0.05, 0) is 89.0 Å². The molecule has 2 unspecified atom stereocenters. The van der Waals surface area contributed by atoms with E-state index in [1.54, 1.807) is 5.57 Å². The maximum atomic E-state index is 2.55. The Balaban J connectivity index is 1.77. The number of rotatable bonds is 1.